The van der Waals surface area contributed by atoms with E-state index in [1.54, 1.807) is 29.7 Å². The highest BCUT2D eigenvalue weighted by Crippen LogP contribution is 2.33. The first-order valence-corrected chi connectivity index (χ1v) is 7.44. The Kier molecular flexibility index (Phi) is 3.33. The number of pyridine rings is 1. The maximum absolute atomic E-state index is 12.5. The molecule has 1 saturated heterocycles. The van der Waals surface area contributed by atoms with Gasteiger partial charge in [0.1, 0.15) is 10.7 Å². The second kappa shape index (κ2) is 4.51. The van der Waals surface area contributed by atoms with Crippen LogP contribution in [0.4, 0.5) is 5.82 Å². The van der Waals surface area contributed by atoms with Gasteiger partial charge in [-0.2, -0.15) is 4.31 Å². The molecular formula is C12H19N3O2S. The van der Waals surface area contributed by atoms with E-state index in [2.05, 4.69) is 24.1 Å². The molecule has 0 radical (unpaired) electrons. The molecule has 0 aromatic carbocycles. The van der Waals surface area contributed by atoms with E-state index in [0.29, 0.717) is 18.9 Å². The fourth-order valence-electron chi connectivity index (χ4n) is 2.19. The van der Waals surface area contributed by atoms with Crippen molar-refractivity contribution in [2.45, 2.75) is 25.2 Å². The lowest BCUT2D eigenvalue weighted by atomic mass is 9.93. The van der Waals surface area contributed by atoms with Crippen LogP contribution in [-0.4, -0.2) is 37.8 Å². The first kappa shape index (κ1) is 13.3. The van der Waals surface area contributed by atoms with Gasteiger partial charge in [0.25, 0.3) is 0 Å². The largest absolute Gasteiger partial charge is 0.372 e. The monoisotopic (exact) mass is 269 g/mol. The van der Waals surface area contributed by atoms with Gasteiger partial charge in [-0.05, 0) is 24.0 Å². The third-order valence-corrected chi connectivity index (χ3v) is 5.14. The number of sulfonamides is 1. The Labute approximate surface area is 108 Å². The summed E-state index contributed by atoms with van der Waals surface area (Å²) in [5.74, 6) is 0.405. The predicted molar refractivity (Wildman–Crippen MR) is 70.9 cm³/mol. The number of rotatable bonds is 3. The summed E-state index contributed by atoms with van der Waals surface area (Å²) in [6, 6.07) is 3.24. The maximum Gasteiger partial charge on any atom is 0.246 e. The molecule has 1 aliphatic rings. The zero-order valence-corrected chi connectivity index (χ0v) is 11.8. The van der Waals surface area contributed by atoms with Gasteiger partial charge in [0, 0.05) is 26.3 Å². The molecule has 0 spiro atoms. The Morgan fingerprint density at radius 2 is 2.17 bits per heavy atom. The minimum absolute atomic E-state index is 0.0507. The van der Waals surface area contributed by atoms with Crippen LogP contribution in [-0.2, 0) is 10.0 Å². The Morgan fingerprint density at radius 1 is 1.44 bits per heavy atom. The van der Waals surface area contributed by atoms with E-state index in [9.17, 15) is 8.42 Å². The van der Waals surface area contributed by atoms with Crippen LogP contribution in [0.3, 0.4) is 0 Å². The zero-order chi connectivity index (χ0) is 13.4. The number of anilines is 1. The highest BCUT2D eigenvalue weighted by atomic mass is 32.2. The Hall–Kier alpha value is -1.14. The second-order valence-electron chi connectivity index (χ2n) is 5.35. The fourth-order valence-corrected chi connectivity index (χ4v) is 3.97. The molecule has 6 heteroatoms. The van der Waals surface area contributed by atoms with E-state index in [0.717, 1.165) is 6.42 Å². The maximum atomic E-state index is 12.5. The molecule has 1 aromatic heterocycles. The quantitative estimate of drug-likeness (QED) is 0.904. The van der Waals surface area contributed by atoms with Gasteiger partial charge < -0.3 is 5.32 Å². The van der Waals surface area contributed by atoms with Crippen LogP contribution < -0.4 is 5.32 Å². The summed E-state index contributed by atoms with van der Waals surface area (Å²) < 4.78 is 26.6. The average Bonchev–Trinajstić information content (AvgIpc) is 2.70. The van der Waals surface area contributed by atoms with E-state index in [-0.39, 0.29) is 10.3 Å². The van der Waals surface area contributed by atoms with Crippen LogP contribution in [0.25, 0.3) is 0 Å². The standard InChI is InChI=1S/C12H19N3O2S/c1-12(2)6-8-15(9-12)18(16,17)10-5-4-7-14-11(10)13-3/h4-5,7H,6,8-9H2,1-3H3,(H,13,14). The van der Waals surface area contributed by atoms with E-state index in [1.807, 2.05) is 0 Å². The molecule has 100 valence electrons. The van der Waals surface area contributed by atoms with Gasteiger partial charge in [-0.15, -0.1) is 0 Å². The minimum atomic E-state index is -3.44. The number of nitrogens with zero attached hydrogens (tertiary/aromatic N) is 2. The van der Waals surface area contributed by atoms with Crippen LogP contribution in [0.2, 0.25) is 0 Å². The van der Waals surface area contributed by atoms with Crippen molar-refractivity contribution in [1.82, 2.24) is 9.29 Å². The van der Waals surface area contributed by atoms with Crippen LogP contribution in [0.5, 0.6) is 0 Å². The van der Waals surface area contributed by atoms with Gasteiger partial charge in [-0.3, -0.25) is 0 Å². The molecule has 0 bridgehead atoms. The topological polar surface area (TPSA) is 62.3 Å². The molecule has 2 heterocycles. The third kappa shape index (κ3) is 2.35. The van der Waals surface area contributed by atoms with Gasteiger partial charge >= 0.3 is 0 Å². The number of nitrogens with one attached hydrogen (secondary N) is 1. The predicted octanol–water partition coefficient (Wildman–Crippen LogP) is 1.54. The molecule has 0 amide bonds. The Balaban J connectivity index is 2.38. The van der Waals surface area contributed by atoms with Gasteiger partial charge in [0.15, 0.2) is 0 Å². The second-order valence-corrected chi connectivity index (χ2v) is 7.26. The average molecular weight is 269 g/mol. The van der Waals surface area contributed by atoms with Crippen LogP contribution in [0.1, 0.15) is 20.3 Å². The van der Waals surface area contributed by atoms with Crippen molar-refractivity contribution in [3.63, 3.8) is 0 Å². The van der Waals surface area contributed by atoms with Crippen molar-refractivity contribution in [1.29, 1.82) is 0 Å². The summed E-state index contributed by atoms with van der Waals surface area (Å²) in [4.78, 5) is 4.31. The van der Waals surface area contributed by atoms with Crippen molar-refractivity contribution in [3.05, 3.63) is 18.3 Å². The first-order valence-electron chi connectivity index (χ1n) is 6.00. The van der Waals surface area contributed by atoms with Gasteiger partial charge in [0.05, 0.1) is 0 Å². The third-order valence-electron chi connectivity index (χ3n) is 3.27. The Morgan fingerprint density at radius 3 is 2.72 bits per heavy atom. The van der Waals surface area contributed by atoms with Gasteiger partial charge in [-0.25, -0.2) is 13.4 Å². The smallest absolute Gasteiger partial charge is 0.246 e. The van der Waals surface area contributed by atoms with Crippen molar-refractivity contribution >= 4 is 15.8 Å². The molecule has 5 nitrogen and oxygen atoms in total. The highest BCUT2D eigenvalue weighted by molar-refractivity contribution is 7.89. The fraction of sp³-hybridized carbons (Fsp3) is 0.583. The van der Waals surface area contributed by atoms with E-state index in [1.165, 1.54) is 0 Å². The molecule has 1 aromatic rings. The molecule has 0 unspecified atom stereocenters. The van der Waals surface area contributed by atoms with Crippen LogP contribution >= 0.6 is 0 Å². The molecule has 1 N–H and O–H groups in total. The van der Waals surface area contributed by atoms with E-state index in [4.69, 9.17) is 0 Å². The normalized spacial score (nSPS) is 19.9. The number of aromatic nitrogens is 1. The Bertz CT molecular complexity index is 540. The summed E-state index contributed by atoms with van der Waals surface area (Å²) in [5, 5.41) is 2.83. The van der Waals surface area contributed by atoms with Crippen molar-refractivity contribution in [2.24, 2.45) is 5.41 Å². The molecule has 0 saturated carbocycles. The van der Waals surface area contributed by atoms with Gasteiger partial charge in [-0.1, -0.05) is 13.8 Å². The lowest BCUT2D eigenvalue weighted by Gasteiger charge is -2.20. The molecule has 0 aliphatic carbocycles. The molecule has 18 heavy (non-hydrogen) atoms. The summed E-state index contributed by atoms with van der Waals surface area (Å²) in [7, 11) is -1.77. The summed E-state index contributed by atoms with van der Waals surface area (Å²) in [6.45, 7) is 5.32. The van der Waals surface area contributed by atoms with Crippen molar-refractivity contribution in [2.75, 3.05) is 25.5 Å². The summed E-state index contributed by atoms with van der Waals surface area (Å²) in [6.07, 6.45) is 2.47. The van der Waals surface area contributed by atoms with Crippen LogP contribution in [0.15, 0.2) is 23.2 Å². The zero-order valence-electron chi connectivity index (χ0n) is 11.0. The minimum Gasteiger partial charge on any atom is -0.372 e. The first-order chi connectivity index (χ1) is 8.37. The lowest BCUT2D eigenvalue weighted by Crippen LogP contribution is -2.31. The molecular weight excluding hydrogens is 250 g/mol. The molecule has 2 rings (SSSR count). The van der Waals surface area contributed by atoms with E-state index >= 15 is 0 Å². The lowest BCUT2D eigenvalue weighted by molar-refractivity contribution is 0.375. The molecule has 1 aliphatic heterocycles. The van der Waals surface area contributed by atoms with Crippen molar-refractivity contribution in [3.8, 4) is 0 Å². The van der Waals surface area contributed by atoms with E-state index < -0.39 is 10.0 Å². The highest BCUT2D eigenvalue weighted by Gasteiger charge is 2.37. The SMILES string of the molecule is CNc1ncccc1S(=O)(=O)N1CCC(C)(C)C1. The molecule has 1 fully saturated rings. The van der Waals surface area contributed by atoms with Crippen molar-refractivity contribution < 1.29 is 8.42 Å². The molecule has 0 atom stereocenters. The number of hydrogen-bond donors (Lipinski definition) is 1. The summed E-state index contributed by atoms with van der Waals surface area (Å²) in [5.41, 5.74) is 0.0507. The number of hydrogen-bond acceptors (Lipinski definition) is 4. The van der Waals surface area contributed by atoms with Crippen LogP contribution in [0, 0.1) is 5.41 Å². The van der Waals surface area contributed by atoms with Gasteiger partial charge in [0.2, 0.25) is 10.0 Å². The summed E-state index contributed by atoms with van der Waals surface area (Å²) >= 11 is 0.